The molecule has 2 heterocycles. The number of imide groups is 1. The Balaban J connectivity index is 1.34. The second-order valence-corrected chi connectivity index (χ2v) is 8.38. The molecule has 1 aromatic carbocycles. The lowest BCUT2D eigenvalue weighted by Gasteiger charge is -2.31. The number of hydrogen-bond acceptors (Lipinski definition) is 6. The minimum absolute atomic E-state index is 0.0276. The summed E-state index contributed by atoms with van der Waals surface area (Å²) in [5.41, 5.74) is 0.868. The van der Waals surface area contributed by atoms with Crippen molar-refractivity contribution in [3.8, 4) is 5.75 Å². The van der Waals surface area contributed by atoms with Crippen molar-refractivity contribution in [2.45, 2.75) is 37.5 Å². The van der Waals surface area contributed by atoms with Crippen LogP contribution in [0.2, 0.25) is 0 Å². The van der Waals surface area contributed by atoms with E-state index < -0.39 is 17.7 Å². The van der Waals surface area contributed by atoms with Crippen molar-refractivity contribution in [3.05, 3.63) is 51.7 Å². The SMILES string of the molecule is COc1ccc(COC[C@H](O)CN2C(=O)N[C@@]3(CCCc4sccc43)C2=O)cc1. The van der Waals surface area contributed by atoms with Gasteiger partial charge in [-0.1, -0.05) is 12.1 Å². The van der Waals surface area contributed by atoms with E-state index in [2.05, 4.69) is 5.32 Å². The van der Waals surface area contributed by atoms with Crippen LogP contribution in [-0.4, -0.2) is 48.3 Å². The van der Waals surface area contributed by atoms with Gasteiger partial charge in [-0.3, -0.25) is 9.69 Å². The summed E-state index contributed by atoms with van der Waals surface area (Å²) in [4.78, 5) is 27.9. The Morgan fingerprint density at radius 3 is 2.83 bits per heavy atom. The zero-order valence-electron chi connectivity index (χ0n) is 16.2. The molecule has 154 valence electrons. The molecule has 0 bridgehead atoms. The van der Waals surface area contributed by atoms with Crippen LogP contribution >= 0.6 is 11.3 Å². The Morgan fingerprint density at radius 2 is 2.07 bits per heavy atom. The van der Waals surface area contributed by atoms with E-state index in [0.717, 1.165) is 39.5 Å². The Bertz CT molecular complexity index is 897. The highest BCUT2D eigenvalue weighted by molar-refractivity contribution is 7.10. The van der Waals surface area contributed by atoms with Gasteiger partial charge in [0.15, 0.2) is 0 Å². The smallest absolute Gasteiger partial charge is 0.325 e. The molecule has 29 heavy (non-hydrogen) atoms. The molecule has 2 aliphatic rings. The van der Waals surface area contributed by atoms with Crippen LogP contribution in [0, 0.1) is 0 Å². The van der Waals surface area contributed by atoms with Crippen LogP contribution in [0.3, 0.4) is 0 Å². The zero-order chi connectivity index (χ0) is 20.4. The van der Waals surface area contributed by atoms with Crippen molar-refractivity contribution < 1.29 is 24.2 Å². The maximum Gasteiger partial charge on any atom is 0.325 e. The van der Waals surface area contributed by atoms with Gasteiger partial charge < -0.3 is 19.9 Å². The van der Waals surface area contributed by atoms with Crippen LogP contribution in [-0.2, 0) is 28.1 Å². The molecule has 1 spiro atoms. The minimum atomic E-state index is -0.978. The number of rotatable bonds is 7. The summed E-state index contributed by atoms with van der Waals surface area (Å²) in [6.07, 6.45) is 1.41. The van der Waals surface area contributed by atoms with Crippen molar-refractivity contribution in [3.63, 3.8) is 0 Å². The second kappa shape index (κ2) is 8.14. The van der Waals surface area contributed by atoms with Crippen molar-refractivity contribution in [2.75, 3.05) is 20.3 Å². The molecular weight excluding hydrogens is 392 g/mol. The normalized spacial score (nSPS) is 21.9. The number of methoxy groups -OCH3 is 1. The van der Waals surface area contributed by atoms with Gasteiger partial charge in [-0.15, -0.1) is 11.3 Å². The maximum atomic E-state index is 13.1. The standard InChI is InChI=1S/C21H24N2O5S/c1-27-16-6-4-14(5-7-16)12-28-13-15(24)11-23-19(25)21(22-20(23)26)9-2-3-18-17(21)8-10-29-18/h4-8,10,15,24H,2-3,9,11-13H2,1H3,(H,22,26)/t15-,21-/m1/s1. The number of carbonyl (C=O) groups is 2. The summed E-state index contributed by atoms with van der Waals surface area (Å²) >= 11 is 1.62. The van der Waals surface area contributed by atoms with Crippen LogP contribution in [0.4, 0.5) is 4.79 Å². The van der Waals surface area contributed by atoms with Crippen molar-refractivity contribution in [2.24, 2.45) is 0 Å². The van der Waals surface area contributed by atoms with Gasteiger partial charge in [0.25, 0.3) is 5.91 Å². The van der Waals surface area contributed by atoms with E-state index in [4.69, 9.17) is 9.47 Å². The number of urea groups is 1. The monoisotopic (exact) mass is 416 g/mol. The molecule has 0 radical (unpaired) electrons. The molecule has 2 N–H and O–H groups in total. The van der Waals surface area contributed by atoms with Gasteiger partial charge >= 0.3 is 6.03 Å². The highest BCUT2D eigenvalue weighted by Crippen LogP contribution is 2.42. The lowest BCUT2D eigenvalue weighted by molar-refractivity contribution is -0.133. The lowest BCUT2D eigenvalue weighted by atomic mass is 9.80. The number of aliphatic hydroxyl groups excluding tert-OH is 1. The van der Waals surface area contributed by atoms with Crippen LogP contribution in [0.15, 0.2) is 35.7 Å². The largest absolute Gasteiger partial charge is 0.497 e. The number of nitrogens with zero attached hydrogens (tertiary/aromatic N) is 1. The third kappa shape index (κ3) is 3.75. The first-order chi connectivity index (χ1) is 14.0. The first-order valence-electron chi connectivity index (χ1n) is 9.63. The van der Waals surface area contributed by atoms with Gasteiger partial charge in [-0.2, -0.15) is 0 Å². The van der Waals surface area contributed by atoms with E-state index in [1.807, 2.05) is 35.7 Å². The summed E-state index contributed by atoms with van der Waals surface area (Å²) in [6, 6.07) is 8.91. The predicted octanol–water partition coefficient (Wildman–Crippen LogP) is 2.42. The van der Waals surface area contributed by atoms with Crippen LogP contribution in [0.1, 0.15) is 28.8 Å². The number of fused-ring (bicyclic) bond motifs is 2. The summed E-state index contributed by atoms with van der Waals surface area (Å²) in [5.74, 6) is 0.480. The van der Waals surface area contributed by atoms with Gasteiger partial charge in [0.05, 0.1) is 33.0 Å². The molecule has 0 unspecified atom stereocenters. The van der Waals surface area contributed by atoms with E-state index in [1.54, 1.807) is 18.4 Å². The first kappa shape index (κ1) is 19.9. The number of aliphatic hydroxyl groups is 1. The van der Waals surface area contributed by atoms with Gasteiger partial charge in [0.2, 0.25) is 0 Å². The van der Waals surface area contributed by atoms with Crippen molar-refractivity contribution in [1.82, 2.24) is 10.2 Å². The van der Waals surface area contributed by atoms with Crippen LogP contribution < -0.4 is 10.1 Å². The number of carbonyl (C=O) groups excluding carboxylic acids is 2. The molecule has 1 aromatic heterocycles. The maximum absolute atomic E-state index is 13.1. The van der Waals surface area contributed by atoms with E-state index in [9.17, 15) is 14.7 Å². The van der Waals surface area contributed by atoms with Crippen LogP contribution in [0.25, 0.3) is 0 Å². The molecule has 7 nitrogen and oxygen atoms in total. The number of aryl methyl sites for hydroxylation is 1. The summed E-state index contributed by atoms with van der Waals surface area (Å²) in [7, 11) is 1.61. The molecule has 1 saturated heterocycles. The van der Waals surface area contributed by atoms with Crippen LogP contribution in [0.5, 0.6) is 5.75 Å². The molecule has 8 heteroatoms. The Labute approximate surface area is 173 Å². The molecule has 1 aliphatic heterocycles. The molecule has 3 amide bonds. The number of nitrogens with one attached hydrogen (secondary N) is 1. The summed E-state index contributed by atoms with van der Waals surface area (Å²) < 4.78 is 10.7. The predicted molar refractivity (Wildman–Crippen MR) is 108 cm³/mol. The quantitative estimate of drug-likeness (QED) is 0.677. The molecule has 1 fully saturated rings. The fourth-order valence-corrected chi connectivity index (χ4v) is 5.01. The third-order valence-corrected chi connectivity index (χ3v) is 6.45. The van der Waals surface area contributed by atoms with Crippen molar-refractivity contribution >= 4 is 23.3 Å². The van der Waals surface area contributed by atoms with Gasteiger partial charge in [-0.05, 0) is 48.4 Å². The fraction of sp³-hybridized carbons (Fsp3) is 0.429. The van der Waals surface area contributed by atoms with Crippen molar-refractivity contribution in [1.29, 1.82) is 0 Å². The number of hydrogen-bond donors (Lipinski definition) is 2. The van der Waals surface area contributed by atoms with E-state index in [-0.39, 0.29) is 19.1 Å². The molecule has 2 atom stereocenters. The molecule has 4 rings (SSSR count). The topological polar surface area (TPSA) is 88.1 Å². The number of amides is 3. The highest BCUT2D eigenvalue weighted by Gasteiger charge is 2.54. The fourth-order valence-electron chi connectivity index (χ4n) is 4.01. The minimum Gasteiger partial charge on any atom is -0.497 e. The molecule has 0 saturated carbocycles. The number of benzene rings is 1. The van der Waals surface area contributed by atoms with E-state index >= 15 is 0 Å². The lowest BCUT2D eigenvalue weighted by Crippen LogP contribution is -2.46. The van der Waals surface area contributed by atoms with Gasteiger partial charge in [0, 0.05) is 10.4 Å². The van der Waals surface area contributed by atoms with Gasteiger partial charge in [0.1, 0.15) is 11.3 Å². The zero-order valence-corrected chi connectivity index (χ0v) is 17.0. The first-order valence-corrected chi connectivity index (χ1v) is 10.5. The summed E-state index contributed by atoms with van der Waals surface area (Å²) in [6.45, 7) is 0.262. The Kier molecular flexibility index (Phi) is 5.58. The summed E-state index contributed by atoms with van der Waals surface area (Å²) in [5, 5.41) is 15.2. The number of β-amino-alcohol motifs (C(OH)–C–C–N with tert-alkyl or cyclic N) is 1. The Hall–Kier alpha value is -2.42. The number of thiophene rings is 1. The van der Waals surface area contributed by atoms with E-state index in [0.29, 0.717) is 13.0 Å². The average molecular weight is 416 g/mol. The third-order valence-electron chi connectivity index (χ3n) is 5.47. The Morgan fingerprint density at radius 1 is 1.28 bits per heavy atom. The number of ether oxygens (including phenoxy) is 2. The van der Waals surface area contributed by atoms with E-state index in [1.165, 1.54) is 0 Å². The average Bonchev–Trinajstić information content (AvgIpc) is 3.29. The second-order valence-electron chi connectivity index (χ2n) is 7.38. The van der Waals surface area contributed by atoms with Gasteiger partial charge in [-0.25, -0.2) is 4.79 Å². The molecule has 1 aliphatic carbocycles. The molecular formula is C21H24N2O5S. The molecule has 2 aromatic rings. The highest BCUT2D eigenvalue weighted by atomic mass is 32.1.